The average Bonchev–Trinajstić information content (AvgIpc) is 2.06. The number of hydrogen-bond donors (Lipinski definition) is 0. The van der Waals surface area contributed by atoms with Crippen molar-refractivity contribution in [2.45, 2.75) is 25.0 Å². The summed E-state index contributed by atoms with van der Waals surface area (Å²) in [5, 5.41) is 0. The molecule has 0 amide bonds. The molecule has 0 saturated carbocycles. The van der Waals surface area contributed by atoms with E-state index in [9.17, 15) is 12.8 Å². The highest BCUT2D eigenvalue weighted by atomic mass is 35.7. The van der Waals surface area contributed by atoms with Crippen molar-refractivity contribution in [3.63, 3.8) is 0 Å². The van der Waals surface area contributed by atoms with Crippen LogP contribution in [-0.2, 0) is 15.5 Å². The molecule has 0 aliphatic heterocycles. The van der Waals surface area contributed by atoms with Gasteiger partial charge in [-0.05, 0) is 31.9 Å². The van der Waals surface area contributed by atoms with Crippen molar-refractivity contribution < 1.29 is 12.8 Å². The monoisotopic (exact) mass is 250 g/mol. The lowest BCUT2D eigenvalue weighted by Gasteiger charge is -2.20. The largest absolute Gasteiger partial charge is 0.238 e. The quantitative estimate of drug-likeness (QED) is 0.773. The van der Waals surface area contributed by atoms with Crippen LogP contribution < -0.4 is 0 Å². The van der Waals surface area contributed by atoms with Crippen molar-refractivity contribution in [2.75, 3.05) is 0 Å². The summed E-state index contributed by atoms with van der Waals surface area (Å²) in [6.45, 7) is 2.95. The Balaban J connectivity index is 3.02. The molecule has 1 aromatic rings. The van der Waals surface area contributed by atoms with Crippen molar-refractivity contribution in [2.24, 2.45) is 0 Å². The first-order valence-electron chi connectivity index (χ1n) is 4.42. The second-order valence-corrected chi connectivity index (χ2v) is 7.17. The fraction of sp³-hybridized carbons (Fsp3) is 0.400. The van der Waals surface area contributed by atoms with E-state index in [-0.39, 0.29) is 6.42 Å². The van der Waals surface area contributed by atoms with Crippen LogP contribution in [0, 0.1) is 5.82 Å². The first-order valence-corrected chi connectivity index (χ1v) is 6.72. The number of hydrogen-bond acceptors (Lipinski definition) is 2. The van der Waals surface area contributed by atoms with E-state index < -0.39 is 19.6 Å². The fourth-order valence-corrected chi connectivity index (χ4v) is 1.68. The minimum absolute atomic E-state index is 0.0610. The molecule has 0 unspecified atom stereocenters. The van der Waals surface area contributed by atoms with Gasteiger partial charge in [-0.3, -0.25) is 0 Å². The highest BCUT2D eigenvalue weighted by Crippen LogP contribution is 2.26. The van der Waals surface area contributed by atoms with Crippen LogP contribution in [0.5, 0.6) is 0 Å². The molecule has 0 heterocycles. The molecule has 0 saturated heterocycles. The molecule has 1 aromatic carbocycles. The summed E-state index contributed by atoms with van der Waals surface area (Å²) in [7, 11) is 1.57. The molecule has 0 N–H and O–H groups in total. The van der Waals surface area contributed by atoms with E-state index in [2.05, 4.69) is 0 Å². The molecule has 0 aliphatic rings. The van der Waals surface area contributed by atoms with Crippen molar-refractivity contribution >= 4 is 19.7 Å². The SMILES string of the molecule is CC(C)(Cc1ccccc1F)S(=O)(=O)Cl. The van der Waals surface area contributed by atoms with Crippen molar-refractivity contribution in [3.8, 4) is 0 Å². The maximum Gasteiger partial charge on any atom is 0.238 e. The zero-order chi connectivity index (χ0) is 11.7. The third-order valence-electron chi connectivity index (χ3n) is 2.23. The van der Waals surface area contributed by atoms with E-state index >= 15 is 0 Å². The molecular weight excluding hydrogens is 239 g/mol. The van der Waals surface area contributed by atoms with Gasteiger partial charge in [0, 0.05) is 10.7 Å². The van der Waals surface area contributed by atoms with Gasteiger partial charge in [0.05, 0.1) is 4.75 Å². The first-order chi connectivity index (χ1) is 6.74. The molecule has 1 rings (SSSR count). The molecule has 0 atom stereocenters. The van der Waals surface area contributed by atoms with Crippen LogP contribution in [0.15, 0.2) is 24.3 Å². The van der Waals surface area contributed by atoms with E-state index in [0.717, 1.165) is 0 Å². The summed E-state index contributed by atoms with van der Waals surface area (Å²) in [5.74, 6) is -0.411. The van der Waals surface area contributed by atoms with Gasteiger partial charge in [-0.1, -0.05) is 18.2 Å². The minimum atomic E-state index is -3.71. The van der Waals surface area contributed by atoms with E-state index in [0.29, 0.717) is 5.56 Å². The third-order valence-corrected chi connectivity index (χ3v) is 4.95. The Morgan fingerprint density at radius 1 is 1.33 bits per heavy atom. The summed E-state index contributed by atoms with van der Waals surface area (Å²) >= 11 is 0. The molecule has 0 aromatic heterocycles. The van der Waals surface area contributed by atoms with Gasteiger partial charge in [0.25, 0.3) is 0 Å². The van der Waals surface area contributed by atoms with Crippen molar-refractivity contribution in [3.05, 3.63) is 35.6 Å². The second-order valence-electron chi connectivity index (χ2n) is 3.97. The molecule has 0 bridgehead atoms. The summed E-state index contributed by atoms with van der Waals surface area (Å²) < 4.78 is 34.5. The molecule has 84 valence electrons. The third kappa shape index (κ3) is 2.92. The standard InChI is InChI=1S/C10H12ClFO2S/c1-10(2,15(11,13)14)7-8-5-3-4-6-9(8)12/h3-6H,7H2,1-2H3. The molecule has 2 nitrogen and oxygen atoms in total. The highest BCUT2D eigenvalue weighted by Gasteiger charge is 2.33. The summed E-state index contributed by atoms with van der Waals surface area (Å²) in [6.07, 6.45) is 0.0610. The lowest BCUT2D eigenvalue weighted by atomic mass is 10.0. The van der Waals surface area contributed by atoms with Gasteiger partial charge in [0.15, 0.2) is 0 Å². The zero-order valence-corrected chi connectivity index (χ0v) is 10.1. The molecule has 0 spiro atoms. The van der Waals surface area contributed by atoms with E-state index in [4.69, 9.17) is 10.7 Å². The van der Waals surface area contributed by atoms with Gasteiger partial charge in [0.2, 0.25) is 9.05 Å². The Morgan fingerprint density at radius 2 is 1.87 bits per heavy atom. The van der Waals surface area contributed by atoms with Crippen LogP contribution >= 0.6 is 10.7 Å². The maximum atomic E-state index is 13.3. The Morgan fingerprint density at radius 3 is 2.33 bits per heavy atom. The van der Waals surface area contributed by atoms with Gasteiger partial charge in [0.1, 0.15) is 5.82 Å². The van der Waals surface area contributed by atoms with Gasteiger partial charge in [-0.25, -0.2) is 12.8 Å². The van der Waals surface area contributed by atoms with Gasteiger partial charge < -0.3 is 0 Å². The molecule has 0 aliphatic carbocycles. The lowest BCUT2D eigenvalue weighted by molar-refractivity contribution is 0.545. The topological polar surface area (TPSA) is 34.1 Å². The number of benzene rings is 1. The summed E-state index contributed by atoms with van der Waals surface area (Å²) in [4.78, 5) is 0. The van der Waals surface area contributed by atoms with Gasteiger partial charge in [-0.2, -0.15) is 0 Å². The van der Waals surface area contributed by atoms with E-state index in [1.807, 2.05) is 0 Å². The number of rotatable bonds is 3. The van der Waals surface area contributed by atoms with Gasteiger partial charge in [-0.15, -0.1) is 0 Å². The van der Waals surface area contributed by atoms with Gasteiger partial charge >= 0.3 is 0 Å². The lowest BCUT2D eigenvalue weighted by Crippen LogP contribution is -2.30. The second kappa shape index (κ2) is 4.10. The van der Waals surface area contributed by atoms with Crippen LogP contribution in [0.3, 0.4) is 0 Å². The Bertz CT molecular complexity index is 454. The summed E-state index contributed by atoms with van der Waals surface area (Å²) in [6, 6.07) is 6.07. The molecular formula is C10H12ClFO2S. The Kier molecular flexibility index (Phi) is 3.41. The van der Waals surface area contributed by atoms with Crippen molar-refractivity contribution in [1.29, 1.82) is 0 Å². The van der Waals surface area contributed by atoms with Crippen LogP contribution in [0.2, 0.25) is 0 Å². The smallest absolute Gasteiger partial charge is 0.212 e. The molecule has 0 fully saturated rings. The number of halogens is 2. The van der Waals surface area contributed by atoms with Crippen LogP contribution in [0.1, 0.15) is 19.4 Å². The first kappa shape index (κ1) is 12.5. The predicted octanol–water partition coefficient (Wildman–Crippen LogP) is 2.72. The normalized spacial score (nSPS) is 12.8. The van der Waals surface area contributed by atoms with Crippen molar-refractivity contribution in [1.82, 2.24) is 0 Å². The highest BCUT2D eigenvalue weighted by molar-refractivity contribution is 8.14. The zero-order valence-electron chi connectivity index (χ0n) is 8.50. The minimum Gasteiger partial charge on any atom is -0.212 e. The molecule has 15 heavy (non-hydrogen) atoms. The van der Waals surface area contributed by atoms with Crippen LogP contribution in [-0.4, -0.2) is 13.2 Å². The Labute approximate surface area is 93.5 Å². The van der Waals surface area contributed by atoms with Crippen LogP contribution in [0.25, 0.3) is 0 Å². The average molecular weight is 251 g/mol. The predicted molar refractivity (Wildman–Crippen MR) is 59.0 cm³/mol. The summed E-state index contributed by atoms with van der Waals surface area (Å²) in [5.41, 5.74) is 0.353. The Hall–Kier alpha value is -0.610. The van der Waals surface area contributed by atoms with E-state index in [1.165, 1.54) is 19.9 Å². The fourth-order valence-electron chi connectivity index (χ4n) is 1.19. The van der Waals surface area contributed by atoms with Crippen LogP contribution in [0.4, 0.5) is 4.39 Å². The molecule has 5 heteroatoms. The molecule has 0 radical (unpaired) electrons. The van der Waals surface area contributed by atoms with E-state index in [1.54, 1.807) is 18.2 Å². The maximum absolute atomic E-state index is 13.3.